The van der Waals surface area contributed by atoms with Crippen molar-refractivity contribution in [2.45, 2.75) is 6.92 Å². The largest absolute Gasteiger partial charge is 0.311 e. The maximum atomic E-state index is 9.71. The van der Waals surface area contributed by atoms with Gasteiger partial charge < -0.3 is 4.90 Å². The van der Waals surface area contributed by atoms with Crippen LogP contribution >= 0.6 is 0 Å². The third kappa shape index (κ3) is 5.93. The summed E-state index contributed by atoms with van der Waals surface area (Å²) in [5, 5.41) is -2.18. The molecule has 0 heterocycles. The van der Waals surface area contributed by atoms with Crippen molar-refractivity contribution in [1.29, 1.82) is 0 Å². The average Bonchev–Trinajstić information content (AvgIpc) is 0.727. The van der Waals surface area contributed by atoms with Crippen LogP contribution in [0.5, 0.6) is 0 Å². The van der Waals surface area contributed by atoms with Crippen LogP contribution in [0, 0.1) is 6.92 Å². The zero-order chi connectivity index (χ0) is 64.4. The summed E-state index contributed by atoms with van der Waals surface area (Å²) in [6, 6.07) is -36.4. The Labute approximate surface area is 353 Å². The second-order valence-corrected chi connectivity index (χ2v) is 10.8. The van der Waals surface area contributed by atoms with Crippen LogP contribution < -0.4 is 4.90 Å². The molecule has 9 aromatic rings. The highest BCUT2D eigenvalue weighted by Crippen LogP contribution is 2.40. The molecule has 1 nitrogen and oxygen atoms in total. The number of hydrogen-bond acceptors (Lipinski definition) is 1. The Bertz CT molecular complexity index is 4500. The van der Waals surface area contributed by atoms with Crippen LogP contribution in [0.25, 0.3) is 66.1 Å². The highest BCUT2D eigenvalue weighted by Gasteiger charge is 2.15. The van der Waals surface area contributed by atoms with Gasteiger partial charge in [-0.25, -0.2) is 0 Å². The topological polar surface area (TPSA) is 3.24 Å². The van der Waals surface area contributed by atoms with Crippen LogP contribution in [0.3, 0.4) is 0 Å². The Morgan fingerprint density at radius 1 is 0.327 bits per heavy atom. The van der Waals surface area contributed by atoms with Gasteiger partial charge >= 0.3 is 0 Å². The molecule has 1 heteroatoms. The van der Waals surface area contributed by atoms with Crippen LogP contribution in [-0.4, -0.2) is 0 Å². The molecular weight excluding hydrogens is 627 g/mol. The van der Waals surface area contributed by atoms with Gasteiger partial charge in [0.2, 0.25) is 0 Å². The molecule has 0 saturated carbocycles. The first-order chi connectivity index (χ1) is 39.9. The van der Waals surface area contributed by atoms with Gasteiger partial charge in [-0.15, -0.1) is 0 Å². The number of benzene rings is 9. The van der Waals surface area contributed by atoms with E-state index in [4.69, 9.17) is 30.2 Å². The second-order valence-electron chi connectivity index (χ2n) is 10.8. The Balaban J connectivity index is 1.45. The van der Waals surface area contributed by atoms with Crippen molar-refractivity contribution in [2.24, 2.45) is 0 Å². The van der Waals surface area contributed by atoms with E-state index >= 15 is 0 Å². The molecule has 9 rings (SSSR count). The fourth-order valence-corrected chi connectivity index (χ4v) is 5.28. The predicted octanol–water partition coefficient (Wildman–Crippen LogP) is 14.4. The van der Waals surface area contributed by atoms with Crippen LogP contribution in [0.1, 0.15) is 52.2 Å². The molecule has 0 N–H and O–H groups in total. The van der Waals surface area contributed by atoms with Crippen molar-refractivity contribution in [3.8, 4) is 44.5 Å². The van der Waals surface area contributed by atoms with E-state index in [9.17, 15) is 16.4 Å². The molecule has 0 aromatic heterocycles. The smallest absolute Gasteiger partial charge is 0.0645 e. The second kappa shape index (κ2) is 13.5. The summed E-state index contributed by atoms with van der Waals surface area (Å²) in [5.41, 5.74) is -11.3. The number of rotatable bonds is 7. The Hall–Kier alpha value is -6.70. The average molecular weight is 698 g/mol. The number of fused-ring (bicyclic) bond motifs is 3. The lowest BCUT2D eigenvalue weighted by atomic mass is 9.91. The zero-order valence-corrected chi connectivity index (χ0v) is 26.4. The zero-order valence-electron chi connectivity index (χ0n) is 60.4. The van der Waals surface area contributed by atoms with Gasteiger partial charge in [0.15, 0.2) is 0 Å². The molecule has 52 heavy (non-hydrogen) atoms. The minimum absolute atomic E-state index is 0.171. The molecule has 0 bridgehead atoms. The van der Waals surface area contributed by atoms with Crippen molar-refractivity contribution in [1.82, 2.24) is 0 Å². The maximum absolute atomic E-state index is 9.71. The molecule has 0 aliphatic heterocycles. The quantitative estimate of drug-likeness (QED) is 0.150. The highest BCUT2D eigenvalue weighted by molar-refractivity contribution is 6.14. The third-order valence-corrected chi connectivity index (χ3v) is 7.57. The lowest BCUT2D eigenvalue weighted by Crippen LogP contribution is -2.09. The Kier molecular flexibility index (Phi) is 3.04. The molecule has 246 valence electrons. The lowest BCUT2D eigenvalue weighted by molar-refractivity contribution is 1.28. The number of anilines is 3. The molecule has 0 atom stereocenters. The Morgan fingerprint density at radius 3 is 1.48 bits per heavy atom. The van der Waals surface area contributed by atoms with Crippen molar-refractivity contribution in [3.05, 3.63) is 211 Å². The van der Waals surface area contributed by atoms with Crippen molar-refractivity contribution in [2.75, 3.05) is 4.90 Å². The summed E-state index contributed by atoms with van der Waals surface area (Å²) in [6.07, 6.45) is 0. The van der Waals surface area contributed by atoms with Gasteiger partial charge in [0.05, 0.1) is 46.6 Å². The van der Waals surface area contributed by atoms with E-state index in [0.29, 0.717) is 0 Å². The van der Waals surface area contributed by atoms with Gasteiger partial charge in [-0.1, -0.05) is 163 Å². The first-order valence-electron chi connectivity index (χ1n) is 32.2. The fourth-order valence-electron chi connectivity index (χ4n) is 5.28. The minimum Gasteiger partial charge on any atom is -0.311 e. The van der Waals surface area contributed by atoms with E-state index in [1.165, 1.54) is 6.92 Å². The summed E-state index contributed by atoms with van der Waals surface area (Å²) in [7, 11) is 0. The molecule has 0 aliphatic rings. The van der Waals surface area contributed by atoms with E-state index in [1.54, 1.807) is 0 Å². The van der Waals surface area contributed by atoms with E-state index in [1.807, 2.05) is 0 Å². The summed E-state index contributed by atoms with van der Waals surface area (Å²) >= 11 is 0. The van der Waals surface area contributed by atoms with Crippen LogP contribution in [-0.2, 0) is 0 Å². The van der Waals surface area contributed by atoms with E-state index in [0.717, 1.165) is 0 Å². The summed E-state index contributed by atoms with van der Waals surface area (Å²) in [6.45, 7) is 1.26. The molecule has 0 fully saturated rings. The monoisotopic (exact) mass is 698 g/mol. The summed E-state index contributed by atoms with van der Waals surface area (Å²) in [5.74, 6) is 0. The molecule has 9 aromatic carbocycles. The number of nitrogens with zero attached hydrogens (tertiary/aromatic N) is 1. The van der Waals surface area contributed by atoms with Gasteiger partial charge in [0, 0.05) is 17.1 Å². The number of hydrogen-bond donors (Lipinski definition) is 0. The van der Waals surface area contributed by atoms with E-state index in [-0.39, 0.29) is 10.5 Å². The normalized spacial score (nSPS) is 20.3. The maximum Gasteiger partial charge on any atom is 0.0645 e. The van der Waals surface area contributed by atoms with Gasteiger partial charge in [-0.2, -0.15) is 0 Å². The Morgan fingerprint density at radius 2 is 0.827 bits per heavy atom. The third-order valence-electron chi connectivity index (χ3n) is 7.57. The highest BCUT2D eigenvalue weighted by atomic mass is 15.1. The van der Waals surface area contributed by atoms with Crippen LogP contribution in [0.2, 0.25) is 0 Å². The first-order valence-corrected chi connectivity index (χ1v) is 15.2. The van der Waals surface area contributed by atoms with Gasteiger partial charge in [0.1, 0.15) is 0 Å². The van der Waals surface area contributed by atoms with Crippen LogP contribution in [0.15, 0.2) is 205 Å². The van der Waals surface area contributed by atoms with Crippen molar-refractivity contribution < 1.29 is 46.6 Å². The van der Waals surface area contributed by atoms with E-state index in [2.05, 4.69) is 0 Å². The van der Waals surface area contributed by atoms with Gasteiger partial charge in [0.25, 0.3) is 0 Å². The summed E-state index contributed by atoms with van der Waals surface area (Å²) < 4.78 is 306. The van der Waals surface area contributed by atoms with Crippen LogP contribution in [0.4, 0.5) is 17.1 Å². The minimum atomic E-state index is -1.37. The lowest BCUT2D eigenvalue weighted by Gasteiger charge is -2.26. The molecule has 0 unspecified atom stereocenters. The van der Waals surface area contributed by atoms with Crippen molar-refractivity contribution >= 4 is 38.6 Å². The fraction of sp³-hybridized carbons (Fsp3) is 0.0196. The molecule has 0 aliphatic carbocycles. The number of para-hydroxylation sites is 1. The molecule has 0 spiro atoms. The molecule has 0 radical (unpaired) electrons. The van der Waals surface area contributed by atoms with E-state index < -0.39 is 289 Å². The first kappa shape index (κ1) is 11.7. The van der Waals surface area contributed by atoms with Crippen molar-refractivity contribution in [3.63, 3.8) is 0 Å². The molecule has 0 saturated heterocycles. The molecular formula is C51H37N. The SMILES string of the molecule is [2H]c1c([2H])c([2H])c(-c2c([2H])c([2H])c(-c3c([2H])c([2H])c(N(c4c([2H])c([2H])c([2H])c([2H])c4[2H])c4c([2H])c([2H])c(-c5c([2H])c6c([2H])c(C)c([2H])c([2H])c6c6c([2H])c([2H])c([2H])c([2H])c56)c([2H])c4[2H])c([2H])c3[2H])c([2H])c2-c2c([2H])c([2H])c([2H])c([2H])c2[2H])c([2H])c1[2H]. The predicted molar refractivity (Wildman–Crippen MR) is 223 cm³/mol. The summed E-state index contributed by atoms with van der Waals surface area (Å²) in [4.78, 5) is 0.271. The van der Waals surface area contributed by atoms with Gasteiger partial charge in [-0.05, 0) is 121 Å². The standard InChI is InChI=1S/C51H37N/c1-36-21-31-47-42(33-36)35-51(49-20-12-11-19-48(47)49)40-24-29-45(30-25-40)52(43-17-9-4-10-18-43)44-27-22-37(23-28-44)41-26-32-46(38-13-5-2-6-14-38)50(34-41)39-15-7-3-8-16-39/h2-35H,1H3/i2D,3D,4D,5D,6D,7D,8D,9D,10D,11D,12D,13D,14D,15D,16D,17D,18D,19D,20D,21D,22D,23D,24D,25D,26D,27D,28D,29D,30D,31D,32D,33D,34D,35D. The molecule has 0 amide bonds. The van der Waals surface area contributed by atoms with Gasteiger partial charge in [-0.3, -0.25) is 0 Å².